The summed E-state index contributed by atoms with van der Waals surface area (Å²) in [5.41, 5.74) is 1.32. The molecule has 2 aromatic carbocycles. The zero-order valence-electron chi connectivity index (χ0n) is 16.6. The first kappa shape index (κ1) is 22.0. The number of hydrogen-bond acceptors (Lipinski definition) is 7. The summed E-state index contributed by atoms with van der Waals surface area (Å²) in [6, 6.07) is 15.4. The number of anilines is 1. The highest BCUT2D eigenvalue weighted by Gasteiger charge is 2.21. The molecular formula is C20H22N4O4S2. The molecule has 0 unspecified atom stereocenters. The first-order valence-corrected chi connectivity index (χ1v) is 11.8. The van der Waals surface area contributed by atoms with E-state index < -0.39 is 10.0 Å². The molecule has 0 saturated carbocycles. The Bertz CT molecular complexity index is 1080. The average Bonchev–Trinajstić information content (AvgIpc) is 3.23. The Morgan fingerprint density at radius 1 is 1.03 bits per heavy atom. The summed E-state index contributed by atoms with van der Waals surface area (Å²) in [5.74, 6) is 0.196. The second-order valence-corrected chi connectivity index (χ2v) is 9.05. The first-order chi connectivity index (χ1) is 14.4. The van der Waals surface area contributed by atoms with Gasteiger partial charge in [-0.05, 0) is 36.4 Å². The van der Waals surface area contributed by atoms with Crippen LogP contribution >= 0.6 is 11.8 Å². The zero-order valence-corrected chi connectivity index (χ0v) is 18.2. The number of carbonyl (C=O) groups is 1. The fourth-order valence-electron chi connectivity index (χ4n) is 2.71. The number of thioether (sulfide) groups is 1. The summed E-state index contributed by atoms with van der Waals surface area (Å²) in [4.78, 5) is 12.2. The molecule has 0 atom stereocenters. The number of rotatable bonds is 9. The van der Waals surface area contributed by atoms with Crippen molar-refractivity contribution in [3.63, 3.8) is 0 Å². The number of benzene rings is 2. The van der Waals surface area contributed by atoms with Crippen molar-refractivity contribution in [2.24, 2.45) is 0 Å². The second-order valence-electron chi connectivity index (χ2n) is 6.19. The fraction of sp³-hybridized carbons (Fsp3) is 0.250. The molecule has 30 heavy (non-hydrogen) atoms. The molecule has 1 amide bonds. The molecule has 1 N–H and O–H groups in total. The van der Waals surface area contributed by atoms with Crippen molar-refractivity contribution in [3.05, 3.63) is 54.6 Å². The van der Waals surface area contributed by atoms with E-state index in [1.165, 1.54) is 16.4 Å². The van der Waals surface area contributed by atoms with Gasteiger partial charge in [0.25, 0.3) is 5.22 Å². The van der Waals surface area contributed by atoms with Gasteiger partial charge in [0, 0.05) is 24.3 Å². The summed E-state index contributed by atoms with van der Waals surface area (Å²) in [7, 11) is -3.52. The highest BCUT2D eigenvalue weighted by molar-refractivity contribution is 7.99. The van der Waals surface area contributed by atoms with Crippen LogP contribution in [-0.4, -0.2) is 47.7 Å². The molecule has 1 heterocycles. The highest BCUT2D eigenvalue weighted by atomic mass is 32.2. The lowest BCUT2D eigenvalue weighted by Crippen LogP contribution is -2.30. The summed E-state index contributed by atoms with van der Waals surface area (Å²) in [6.45, 7) is 4.41. The largest absolute Gasteiger partial charge is 0.411 e. The average molecular weight is 447 g/mol. The number of sulfonamides is 1. The lowest BCUT2D eigenvalue weighted by atomic mass is 10.2. The standard InChI is InChI=1S/C20H22N4O4S2/c1-3-24(4-2)30(26,27)17-12-10-15(11-13-17)19-22-23-20(28-19)29-14-18(25)21-16-8-6-5-7-9-16/h5-13H,3-4,14H2,1-2H3,(H,21,25). The van der Waals surface area contributed by atoms with Gasteiger partial charge in [-0.25, -0.2) is 8.42 Å². The lowest BCUT2D eigenvalue weighted by Gasteiger charge is -2.18. The molecule has 3 rings (SSSR count). The third-order valence-corrected chi connectivity index (χ3v) is 7.12. The normalized spacial score (nSPS) is 11.6. The fourth-order valence-corrected chi connectivity index (χ4v) is 4.73. The summed E-state index contributed by atoms with van der Waals surface area (Å²) in [5, 5.41) is 11.0. The number of amides is 1. The van der Waals surface area contributed by atoms with Crippen molar-refractivity contribution < 1.29 is 17.6 Å². The quantitative estimate of drug-likeness (QED) is 0.502. The topological polar surface area (TPSA) is 105 Å². The predicted octanol–water partition coefficient (Wildman–Crippen LogP) is 3.50. The molecule has 1 aromatic heterocycles. The molecule has 10 heteroatoms. The van der Waals surface area contributed by atoms with Crippen LogP contribution in [0.2, 0.25) is 0 Å². The zero-order chi connectivity index (χ0) is 21.6. The van der Waals surface area contributed by atoms with Gasteiger partial charge in [-0.1, -0.05) is 43.8 Å². The van der Waals surface area contributed by atoms with Gasteiger partial charge in [-0.15, -0.1) is 10.2 Å². The van der Waals surface area contributed by atoms with Gasteiger partial charge in [0.05, 0.1) is 10.6 Å². The van der Waals surface area contributed by atoms with Gasteiger partial charge in [-0.2, -0.15) is 4.31 Å². The second kappa shape index (κ2) is 9.88. The van der Waals surface area contributed by atoms with Crippen molar-refractivity contribution in [1.29, 1.82) is 0 Å². The molecule has 0 saturated heterocycles. The van der Waals surface area contributed by atoms with E-state index in [4.69, 9.17) is 4.42 Å². The van der Waals surface area contributed by atoms with Gasteiger partial charge in [0.15, 0.2) is 0 Å². The minimum absolute atomic E-state index is 0.123. The van der Waals surface area contributed by atoms with Crippen molar-refractivity contribution in [2.45, 2.75) is 24.0 Å². The Kier molecular flexibility index (Phi) is 7.24. The molecular weight excluding hydrogens is 424 g/mol. The van der Waals surface area contributed by atoms with Crippen LogP contribution in [-0.2, 0) is 14.8 Å². The molecule has 0 spiro atoms. The van der Waals surface area contributed by atoms with Crippen molar-refractivity contribution >= 4 is 33.4 Å². The summed E-state index contributed by atoms with van der Waals surface area (Å²) >= 11 is 1.13. The minimum atomic E-state index is -3.52. The van der Waals surface area contributed by atoms with Gasteiger partial charge in [-0.3, -0.25) is 4.79 Å². The smallest absolute Gasteiger partial charge is 0.277 e. The van der Waals surface area contributed by atoms with Crippen molar-refractivity contribution in [3.8, 4) is 11.5 Å². The monoisotopic (exact) mass is 446 g/mol. The molecule has 0 aliphatic heterocycles. The van der Waals surface area contributed by atoms with E-state index in [1.54, 1.807) is 38.1 Å². The van der Waals surface area contributed by atoms with Gasteiger partial charge >= 0.3 is 0 Å². The number of hydrogen-bond donors (Lipinski definition) is 1. The SMILES string of the molecule is CCN(CC)S(=O)(=O)c1ccc(-c2nnc(SCC(=O)Nc3ccccc3)o2)cc1. The molecule has 0 aliphatic carbocycles. The first-order valence-electron chi connectivity index (χ1n) is 9.35. The summed E-state index contributed by atoms with van der Waals surface area (Å²) in [6.07, 6.45) is 0. The molecule has 0 aliphatic rings. The number of nitrogens with zero attached hydrogens (tertiary/aromatic N) is 3. The Morgan fingerprint density at radius 2 is 1.70 bits per heavy atom. The van der Waals surface area contributed by atoms with Crippen LogP contribution in [0.4, 0.5) is 5.69 Å². The molecule has 8 nitrogen and oxygen atoms in total. The number of aromatic nitrogens is 2. The maximum absolute atomic E-state index is 12.6. The van der Waals surface area contributed by atoms with Crippen LogP contribution in [0.1, 0.15) is 13.8 Å². The van der Waals surface area contributed by atoms with Crippen molar-refractivity contribution in [2.75, 3.05) is 24.2 Å². The van der Waals surface area contributed by atoms with Crippen LogP contribution in [0.25, 0.3) is 11.5 Å². The van der Waals surface area contributed by atoms with Gasteiger partial charge in [0.2, 0.25) is 21.8 Å². The summed E-state index contributed by atoms with van der Waals surface area (Å²) < 4.78 is 32.1. The van der Waals surface area contributed by atoms with Crippen LogP contribution in [0.15, 0.2) is 69.1 Å². The van der Waals surface area contributed by atoms with E-state index in [0.29, 0.717) is 24.3 Å². The van der Waals surface area contributed by atoms with Crippen LogP contribution < -0.4 is 5.32 Å². The Morgan fingerprint density at radius 3 is 2.33 bits per heavy atom. The molecule has 0 fully saturated rings. The van der Waals surface area contributed by atoms with Crippen LogP contribution in [0.3, 0.4) is 0 Å². The number of nitrogens with one attached hydrogen (secondary N) is 1. The third-order valence-electron chi connectivity index (χ3n) is 4.24. The maximum atomic E-state index is 12.6. The van der Waals surface area contributed by atoms with Crippen LogP contribution in [0, 0.1) is 0 Å². The molecule has 158 valence electrons. The Labute approximate surface area is 179 Å². The number of para-hydroxylation sites is 1. The predicted molar refractivity (Wildman–Crippen MR) is 116 cm³/mol. The van der Waals surface area contributed by atoms with E-state index in [9.17, 15) is 13.2 Å². The Hall–Kier alpha value is -2.69. The van der Waals surface area contributed by atoms with Crippen LogP contribution in [0.5, 0.6) is 0 Å². The van der Waals surface area contributed by atoms with E-state index in [0.717, 1.165) is 11.8 Å². The van der Waals surface area contributed by atoms with Gasteiger partial charge < -0.3 is 9.73 Å². The molecule has 0 radical (unpaired) electrons. The maximum Gasteiger partial charge on any atom is 0.277 e. The van der Waals surface area contributed by atoms with Crippen molar-refractivity contribution in [1.82, 2.24) is 14.5 Å². The minimum Gasteiger partial charge on any atom is -0.411 e. The van der Waals surface area contributed by atoms with Gasteiger partial charge in [0.1, 0.15) is 0 Å². The lowest BCUT2D eigenvalue weighted by molar-refractivity contribution is -0.113. The highest BCUT2D eigenvalue weighted by Crippen LogP contribution is 2.25. The van der Waals surface area contributed by atoms with E-state index in [1.807, 2.05) is 18.2 Å². The van der Waals surface area contributed by atoms with E-state index in [-0.39, 0.29) is 27.7 Å². The Balaban J connectivity index is 1.62. The molecule has 3 aromatic rings. The number of carbonyl (C=O) groups excluding carboxylic acids is 1. The van der Waals surface area contributed by atoms with E-state index >= 15 is 0 Å². The molecule has 0 bridgehead atoms. The third kappa shape index (κ3) is 5.26. The van der Waals surface area contributed by atoms with E-state index in [2.05, 4.69) is 15.5 Å².